The zero-order valence-corrected chi connectivity index (χ0v) is 11.6. The largest absolute Gasteiger partial charge is 0.314 e. The van der Waals surface area contributed by atoms with Crippen molar-refractivity contribution >= 4 is 11.3 Å². The molecule has 2 nitrogen and oxygen atoms in total. The lowest BCUT2D eigenvalue weighted by atomic mass is 10.1. The van der Waals surface area contributed by atoms with Crippen molar-refractivity contribution in [3.05, 3.63) is 16.1 Å². The number of nitrogens with one attached hydrogen (secondary N) is 1. The molecular weight excluding hydrogens is 216 g/mol. The topological polar surface area (TPSA) is 24.9 Å². The summed E-state index contributed by atoms with van der Waals surface area (Å²) in [4.78, 5) is 4.48. The van der Waals surface area contributed by atoms with E-state index in [2.05, 4.69) is 36.5 Å². The zero-order valence-electron chi connectivity index (χ0n) is 10.8. The summed E-state index contributed by atoms with van der Waals surface area (Å²) in [5, 5.41) is 6.99. The van der Waals surface area contributed by atoms with Crippen LogP contribution in [0.3, 0.4) is 0 Å². The van der Waals surface area contributed by atoms with E-state index in [1.54, 1.807) is 11.3 Å². The average Bonchev–Trinajstić information content (AvgIpc) is 2.65. The van der Waals surface area contributed by atoms with E-state index < -0.39 is 0 Å². The number of thiazole rings is 1. The van der Waals surface area contributed by atoms with Crippen LogP contribution in [0.4, 0.5) is 0 Å². The van der Waals surface area contributed by atoms with Gasteiger partial charge in [0.05, 0.1) is 10.7 Å². The minimum atomic E-state index is 0.703. The average molecular weight is 240 g/mol. The Bertz CT molecular complexity index is 277. The fourth-order valence-electron chi connectivity index (χ4n) is 1.97. The molecule has 0 radical (unpaired) electrons. The van der Waals surface area contributed by atoms with Crippen LogP contribution in [-0.2, 0) is 6.42 Å². The van der Waals surface area contributed by atoms with Gasteiger partial charge >= 0.3 is 0 Å². The molecule has 0 atom stereocenters. The zero-order chi connectivity index (χ0) is 11.8. The summed E-state index contributed by atoms with van der Waals surface area (Å²) in [7, 11) is 0. The summed E-state index contributed by atoms with van der Waals surface area (Å²) < 4.78 is 0. The highest BCUT2D eigenvalue weighted by molar-refractivity contribution is 7.09. The number of aryl methyl sites for hydroxylation is 1. The molecule has 0 saturated carbocycles. The first-order chi connectivity index (χ1) is 7.76. The highest BCUT2D eigenvalue weighted by Gasteiger charge is 2.05. The molecule has 0 unspecified atom stereocenters. The number of hydrogen-bond acceptors (Lipinski definition) is 3. The van der Waals surface area contributed by atoms with Gasteiger partial charge < -0.3 is 5.32 Å². The van der Waals surface area contributed by atoms with Gasteiger partial charge in [0.1, 0.15) is 0 Å². The van der Waals surface area contributed by atoms with E-state index in [1.165, 1.54) is 36.4 Å². The molecule has 0 aliphatic rings. The molecule has 1 rings (SSSR count). The first kappa shape index (κ1) is 13.7. The molecule has 0 spiro atoms. The minimum absolute atomic E-state index is 0.703. The Morgan fingerprint density at radius 3 is 2.50 bits per heavy atom. The van der Waals surface area contributed by atoms with E-state index in [4.69, 9.17) is 0 Å². The highest BCUT2D eigenvalue weighted by Crippen LogP contribution is 2.09. The summed E-state index contributed by atoms with van der Waals surface area (Å²) in [6, 6.07) is 0.703. The molecule has 0 aromatic carbocycles. The molecule has 0 amide bonds. The van der Waals surface area contributed by atoms with Gasteiger partial charge in [-0.1, -0.05) is 26.7 Å². The summed E-state index contributed by atoms with van der Waals surface area (Å²) in [6.45, 7) is 7.65. The molecule has 3 heteroatoms. The summed E-state index contributed by atoms with van der Waals surface area (Å²) in [5.74, 6) is 0. The monoisotopic (exact) mass is 240 g/mol. The van der Waals surface area contributed by atoms with Gasteiger partial charge in [0.25, 0.3) is 0 Å². The Labute approximate surface area is 103 Å². The summed E-state index contributed by atoms with van der Waals surface area (Å²) in [6.07, 6.45) is 6.20. The maximum atomic E-state index is 4.48. The van der Waals surface area contributed by atoms with Crippen molar-refractivity contribution in [2.75, 3.05) is 6.54 Å². The quantitative estimate of drug-likeness (QED) is 0.751. The smallest absolute Gasteiger partial charge is 0.0897 e. The minimum Gasteiger partial charge on any atom is -0.314 e. The third-order valence-electron chi connectivity index (χ3n) is 2.76. The second-order valence-electron chi connectivity index (χ2n) is 4.34. The fraction of sp³-hybridized carbons (Fsp3) is 0.769. The van der Waals surface area contributed by atoms with Crippen LogP contribution < -0.4 is 5.32 Å². The van der Waals surface area contributed by atoms with Crippen molar-refractivity contribution in [3.63, 3.8) is 0 Å². The normalized spacial score (nSPS) is 11.2. The van der Waals surface area contributed by atoms with Crippen LogP contribution in [0.2, 0.25) is 0 Å². The Kier molecular flexibility index (Phi) is 6.65. The van der Waals surface area contributed by atoms with Crippen molar-refractivity contribution in [3.8, 4) is 0 Å². The Hall–Kier alpha value is -0.410. The second kappa shape index (κ2) is 7.80. The van der Waals surface area contributed by atoms with Crippen LogP contribution in [0.5, 0.6) is 0 Å². The predicted molar refractivity (Wildman–Crippen MR) is 72.2 cm³/mol. The van der Waals surface area contributed by atoms with Crippen LogP contribution in [0.1, 0.15) is 50.2 Å². The Morgan fingerprint density at radius 1 is 1.31 bits per heavy atom. The van der Waals surface area contributed by atoms with Crippen molar-refractivity contribution in [1.29, 1.82) is 0 Å². The molecule has 0 fully saturated rings. The van der Waals surface area contributed by atoms with Crippen LogP contribution in [0, 0.1) is 6.92 Å². The fourth-order valence-corrected chi connectivity index (χ4v) is 2.62. The van der Waals surface area contributed by atoms with Gasteiger partial charge in [-0.2, -0.15) is 0 Å². The van der Waals surface area contributed by atoms with Gasteiger partial charge in [0.15, 0.2) is 0 Å². The van der Waals surface area contributed by atoms with Crippen molar-refractivity contribution in [2.45, 2.75) is 58.9 Å². The molecule has 16 heavy (non-hydrogen) atoms. The van der Waals surface area contributed by atoms with Crippen molar-refractivity contribution < 1.29 is 0 Å². The van der Waals surface area contributed by atoms with E-state index in [9.17, 15) is 0 Å². The molecule has 92 valence electrons. The molecular formula is C13H24N2S. The number of hydrogen-bond donors (Lipinski definition) is 1. The highest BCUT2D eigenvalue weighted by atomic mass is 32.1. The third kappa shape index (κ3) is 5.08. The first-order valence-corrected chi connectivity index (χ1v) is 7.28. The van der Waals surface area contributed by atoms with Crippen LogP contribution in [0.15, 0.2) is 5.38 Å². The summed E-state index contributed by atoms with van der Waals surface area (Å²) >= 11 is 1.74. The van der Waals surface area contributed by atoms with E-state index in [0.717, 1.165) is 13.0 Å². The maximum Gasteiger partial charge on any atom is 0.0897 e. The molecule has 0 saturated heterocycles. The predicted octanol–water partition coefficient (Wildman–Crippen LogP) is 3.55. The van der Waals surface area contributed by atoms with Crippen LogP contribution in [-0.4, -0.2) is 17.6 Å². The van der Waals surface area contributed by atoms with Crippen molar-refractivity contribution in [1.82, 2.24) is 10.3 Å². The second-order valence-corrected chi connectivity index (χ2v) is 5.40. The molecule has 0 aliphatic heterocycles. The van der Waals surface area contributed by atoms with Gasteiger partial charge in [-0.05, 0) is 19.8 Å². The SMILES string of the molecule is CCCC(CCC)NCCc1csc(C)n1. The number of nitrogens with zero attached hydrogens (tertiary/aromatic N) is 1. The maximum absolute atomic E-state index is 4.48. The molecule has 1 heterocycles. The first-order valence-electron chi connectivity index (χ1n) is 6.40. The van der Waals surface area contributed by atoms with Crippen LogP contribution in [0.25, 0.3) is 0 Å². The van der Waals surface area contributed by atoms with E-state index >= 15 is 0 Å². The van der Waals surface area contributed by atoms with Gasteiger partial charge in [-0.3, -0.25) is 0 Å². The van der Waals surface area contributed by atoms with Crippen LogP contribution >= 0.6 is 11.3 Å². The van der Waals surface area contributed by atoms with Crippen molar-refractivity contribution in [2.24, 2.45) is 0 Å². The Morgan fingerprint density at radius 2 is 2.00 bits per heavy atom. The molecule has 1 aromatic rings. The van der Waals surface area contributed by atoms with Gasteiger partial charge in [0, 0.05) is 24.4 Å². The van der Waals surface area contributed by atoms with Gasteiger partial charge in [0.2, 0.25) is 0 Å². The molecule has 1 N–H and O–H groups in total. The van der Waals surface area contributed by atoms with Gasteiger partial charge in [-0.25, -0.2) is 4.98 Å². The number of rotatable bonds is 8. The number of aromatic nitrogens is 1. The lowest BCUT2D eigenvalue weighted by Gasteiger charge is -2.16. The third-order valence-corrected chi connectivity index (χ3v) is 3.58. The lowest BCUT2D eigenvalue weighted by Crippen LogP contribution is -2.30. The molecule has 0 aliphatic carbocycles. The van der Waals surface area contributed by atoms with E-state index in [-0.39, 0.29) is 0 Å². The molecule has 0 bridgehead atoms. The standard InChI is InChI=1S/C13H24N2S/c1-4-6-12(7-5-2)14-9-8-13-10-16-11(3)15-13/h10,12,14H,4-9H2,1-3H3. The summed E-state index contributed by atoms with van der Waals surface area (Å²) in [5.41, 5.74) is 1.24. The Balaban J connectivity index is 2.21. The molecule has 1 aromatic heterocycles. The lowest BCUT2D eigenvalue weighted by molar-refractivity contribution is 0.446. The van der Waals surface area contributed by atoms with E-state index in [0.29, 0.717) is 6.04 Å². The van der Waals surface area contributed by atoms with E-state index in [1.807, 2.05) is 0 Å². The van der Waals surface area contributed by atoms with Gasteiger partial charge in [-0.15, -0.1) is 11.3 Å².